The molecular formula is C12H13NO2. The van der Waals surface area contributed by atoms with E-state index in [0.717, 1.165) is 24.0 Å². The van der Waals surface area contributed by atoms with Crippen molar-refractivity contribution < 1.29 is 9.59 Å². The molecule has 0 N–H and O–H groups in total. The topological polar surface area (TPSA) is 37.4 Å². The lowest BCUT2D eigenvalue weighted by Gasteiger charge is -2.29. The molecule has 0 fully saturated rings. The molecule has 1 aliphatic rings. The summed E-state index contributed by atoms with van der Waals surface area (Å²) in [5.74, 6) is 0.182. The van der Waals surface area contributed by atoms with Gasteiger partial charge in [0.25, 0.3) is 0 Å². The number of hydrogen-bond donors (Lipinski definition) is 0. The van der Waals surface area contributed by atoms with E-state index in [-0.39, 0.29) is 11.8 Å². The average molecular weight is 203 g/mol. The smallest absolute Gasteiger partial charge is 0.209 e. The van der Waals surface area contributed by atoms with Gasteiger partial charge >= 0.3 is 0 Å². The van der Waals surface area contributed by atoms with Gasteiger partial charge in [-0.1, -0.05) is 24.3 Å². The first kappa shape index (κ1) is 9.90. The predicted octanol–water partition coefficient (Wildman–Crippen LogP) is 1.79. The van der Waals surface area contributed by atoms with Crippen molar-refractivity contribution in [3.63, 3.8) is 0 Å². The van der Waals surface area contributed by atoms with Crippen molar-refractivity contribution >= 4 is 12.2 Å². The fourth-order valence-electron chi connectivity index (χ4n) is 2.10. The fourth-order valence-corrected chi connectivity index (χ4v) is 2.10. The molecule has 0 aromatic heterocycles. The second-order valence-electron chi connectivity index (χ2n) is 3.84. The first-order valence-corrected chi connectivity index (χ1v) is 5.03. The molecule has 1 aromatic carbocycles. The fraction of sp³-hybridized carbons (Fsp3) is 0.333. The molecule has 0 spiro atoms. The third-order valence-corrected chi connectivity index (χ3v) is 2.92. The molecule has 0 heterocycles. The maximum Gasteiger partial charge on any atom is 0.209 e. The number of hydrogen-bond acceptors (Lipinski definition) is 2. The monoisotopic (exact) mass is 203 g/mol. The molecule has 3 heteroatoms. The largest absolute Gasteiger partial charge is 0.341 e. The molecule has 78 valence electrons. The van der Waals surface area contributed by atoms with Crippen LogP contribution < -0.4 is 0 Å². The van der Waals surface area contributed by atoms with E-state index in [1.807, 2.05) is 24.3 Å². The number of rotatable bonds is 2. The van der Waals surface area contributed by atoms with Gasteiger partial charge in [0.2, 0.25) is 6.41 Å². The highest BCUT2D eigenvalue weighted by molar-refractivity contribution is 5.98. The first-order valence-electron chi connectivity index (χ1n) is 5.03. The van der Waals surface area contributed by atoms with Gasteiger partial charge in [0.05, 0.1) is 6.04 Å². The van der Waals surface area contributed by atoms with E-state index < -0.39 is 0 Å². The molecule has 1 aromatic rings. The van der Waals surface area contributed by atoms with Crippen LogP contribution in [0.5, 0.6) is 0 Å². The summed E-state index contributed by atoms with van der Waals surface area (Å²) in [6, 6.07) is 7.58. The van der Waals surface area contributed by atoms with E-state index in [2.05, 4.69) is 0 Å². The third kappa shape index (κ3) is 1.65. The molecule has 0 saturated heterocycles. The minimum absolute atomic E-state index is 0.0522. The number of nitrogens with zero attached hydrogens (tertiary/aromatic N) is 1. The lowest BCUT2D eigenvalue weighted by molar-refractivity contribution is -0.119. The van der Waals surface area contributed by atoms with Crippen LogP contribution in [0.25, 0.3) is 0 Å². The zero-order valence-electron chi connectivity index (χ0n) is 8.64. The molecule has 1 amide bonds. The summed E-state index contributed by atoms with van der Waals surface area (Å²) in [4.78, 5) is 24.0. The van der Waals surface area contributed by atoms with Crippen molar-refractivity contribution in [2.45, 2.75) is 18.9 Å². The zero-order valence-corrected chi connectivity index (χ0v) is 8.64. The molecule has 3 nitrogen and oxygen atoms in total. The molecule has 15 heavy (non-hydrogen) atoms. The minimum atomic E-state index is 0.0522. The summed E-state index contributed by atoms with van der Waals surface area (Å²) in [7, 11) is 1.75. The van der Waals surface area contributed by atoms with Crippen LogP contribution in [0.15, 0.2) is 24.3 Å². The Morgan fingerprint density at radius 1 is 1.40 bits per heavy atom. The summed E-state index contributed by atoms with van der Waals surface area (Å²) < 4.78 is 0. The molecule has 0 saturated carbocycles. The number of Topliss-reactive ketones (excluding diaryl/α,β-unsaturated/α-hetero) is 1. The summed E-state index contributed by atoms with van der Waals surface area (Å²) in [6.45, 7) is 0. The molecule has 0 unspecified atom stereocenters. The van der Waals surface area contributed by atoms with Crippen LogP contribution in [0.3, 0.4) is 0 Å². The van der Waals surface area contributed by atoms with Gasteiger partial charge < -0.3 is 4.90 Å². The van der Waals surface area contributed by atoms with E-state index in [0.29, 0.717) is 6.42 Å². The summed E-state index contributed by atoms with van der Waals surface area (Å²) in [5, 5.41) is 0. The van der Waals surface area contributed by atoms with Crippen LogP contribution in [0.2, 0.25) is 0 Å². The Kier molecular flexibility index (Phi) is 2.54. The Morgan fingerprint density at radius 2 is 2.13 bits per heavy atom. The first-order chi connectivity index (χ1) is 7.24. The lowest BCUT2D eigenvalue weighted by Crippen LogP contribution is -2.28. The summed E-state index contributed by atoms with van der Waals surface area (Å²) in [5.41, 5.74) is 1.74. The van der Waals surface area contributed by atoms with Crippen molar-refractivity contribution in [2.75, 3.05) is 7.05 Å². The molecule has 1 aliphatic carbocycles. The standard InChI is InChI=1S/C12H13NO2/c1-13(8-14)11-6-7-12(15)10-5-3-2-4-9(10)11/h2-5,8,11H,6-7H2,1H3/t11-/m1/s1. The Balaban J connectivity index is 2.44. The molecule has 0 bridgehead atoms. The summed E-state index contributed by atoms with van der Waals surface area (Å²) in [6.07, 6.45) is 2.07. The van der Waals surface area contributed by atoms with Crippen molar-refractivity contribution in [1.29, 1.82) is 0 Å². The highest BCUT2D eigenvalue weighted by Gasteiger charge is 2.27. The number of carbonyl (C=O) groups is 2. The van der Waals surface area contributed by atoms with Crippen LogP contribution in [0.1, 0.15) is 34.8 Å². The van der Waals surface area contributed by atoms with E-state index in [1.165, 1.54) is 0 Å². The van der Waals surface area contributed by atoms with Gasteiger partial charge in [-0.15, -0.1) is 0 Å². The maximum atomic E-state index is 11.6. The van der Waals surface area contributed by atoms with Crippen molar-refractivity contribution in [3.05, 3.63) is 35.4 Å². The lowest BCUT2D eigenvalue weighted by atomic mass is 9.86. The van der Waals surface area contributed by atoms with Crippen LogP contribution in [0, 0.1) is 0 Å². The van der Waals surface area contributed by atoms with Gasteiger partial charge in [-0.05, 0) is 12.0 Å². The second kappa shape index (κ2) is 3.85. The SMILES string of the molecule is CN(C=O)[C@@H]1CCC(=O)c2ccccc21. The number of ketones is 1. The number of fused-ring (bicyclic) bond motifs is 1. The van der Waals surface area contributed by atoms with E-state index >= 15 is 0 Å². The molecule has 2 rings (SSSR count). The van der Waals surface area contributed by atoms with Crippen LogP contribution in [-0.4, -0.2) is 24.1 Å². The molecular weight excluding hydrogens is 190 g/mol. The van der Waals surface area contributed by atoms with Gasteiger partial charge in [0.15, 0.2) is 5.78 Å². The Bertz CT molecular complexity index is 400. The van der Waals surface area contributed by atoms with E-state index in [1.54, 1.807) is 11.9 Å². The normalized spacial score (nSPS) is 19.5. The van der Waals surface area contributed by atoms with Gasteiger partial charge in [-0.2, -0.15) is 0 Å². The molecule has 1 atom stereocenters. The Labute approximate surface area is 88.7 Å². The number of benzene rings is 1. The van der Waals surface area contributed by atoms with Crippen LogP contribution in [0.4, 0.5) is 0 Å². The third-order valence-electron chi connectivity index (χ3n) is 2.92. The van der Waals surface area contributed by atoms with Crippen LogP contribution in [-0.2, 0) is 4.79 Å². The van der Waals surface area contributed by atoms with Gasteiger partial charge in [-0.3, -0.25) is 9.59 Å². The predicted molar refractivity (Wildman–Crippen MR) is 56.6 cm³/mol. The van der Waals surface area contributed by atoms with Gasteiger partial charge in [0, 0.05) is 19.0 Å². The van der Waals surface area contributed by atoms with Crippen molar-refractivity contribution in [2.24, 2.45) is 0 Å². The highest BCUT2D eigenvalue weighted by atomic mass is 16.1. The Hall–Kier alpha value is -1.64. The summed E-state index contributed by atoms with van der Waals surface area (Å²) >= 11 is 0. The quantitative estimate of drug-likeness (QED) is 0.687. The maximum absolute atomic E-state index is 11.6. The highest BCUT2D eigenvalue weighted by Crippen LogP contribution is 2.32. The molecule has 0 aliphatic heterocycles. The average Bonchev–Trinajstić information content (AvgIpc) is 2.29. The van der Waals surface area contributed by atoms with E-state index in [9.17, 15) is 9.59 Å². The second-order valence-corrected chi connectivity index (χ2v) is 3.84. The Morgan fingerprint density at radius 3 is 2.87 bits per heavy atom. The van der Waals surface area contributed by atoms with Crippen molar-refractivity contribution in [1.82, 2.24) is 4.90 Å². The number of carbonyl (C=O) groups excluding carboxylic acids is 2. The molecule has 0 radical (unpaired) electrons. The minimum Gasteiger partial charge on any atom is -0.341 e. The van der Waals surface area contributed by atoms with Gasteiger partial charge in [0.1, 0.15) is 0 Å². The zero-order chi connectivity index (χ0) is 10.8. The number of amides is 1. The van der Waals surface area contributed by atoms with Crippen LogP contribution >= 0.6 is 0 Å². The van der Waals surface area contributed by atoms with Crippen molar-refractivity contribution in [3.8, 4) is 0 Å². The van der Waals surface area contributed by atoms with Gasteiger partial charge in [-0.25, -0.2) is 0 Å². The van der Waals surface area contributed by atoms with E-state index in [4.69, 9.17) is 0 Å².